The number of carbonyl (C=O) groups is 2. The number of piperazine rings is 1. The Hall–Kier alpha value is -6.80. The van der Waals surface area contributed by atoms with Crippen LogP contribution in [0.1, 0.15) is 107 Å². The van der Waals surface area contributed by atoms with Gasteiger partial charge < -0.3 is 44.6 Å². The first kappa shape index (κ1) is 52.9. The van der Waals surface area contributed by atoms with Crippen molar-refractivity contribution in [2.24, 2.45) is 11.3 Å². The van der Waals surface area contributed by atoms with E-state index < -0.39 is 23.9 Å². The van der Waals surface area contributed by atoms with E-state index in [1.807, 2.05) is 75.7 Å². The van der Waals surface area contributed by atoms with Crippen LogP contribution < -0.4 is 25.0 Å². The summed E-state index contributed by atoms with van der Waals surface area (Å²) in [5, 5.41) is 34.8. The van der Waals surface area contributed by atoms with E-state index in [4.69, 9.17) is 28.9 Å². The number of aliphatic hydroxyl groups is 1. The number of aromatic hydroxyl groups is 1. The molecule has 2 bridgehead atoms. The van der Waals surface area contributed by atoms with Gasteiger partial charge in [0.25, 0.3) is 5.88 Å². The van der Waals surface area contributed by atoms with Crippen LogP contribution in [0.3, 0.4) is 0 Å². The van der Waals surface area contributed by atoms with Crippen molar-refractivity contribution in [1.29, 1.82) is 0 Å². The summed E-state index contributed by atoms with van der Waals surface area (Å²) in [5.74, 6) is -0.767. The minimum absolute atomic E-state index is 0.0365. The van der Waals surface area contributed by atoms with Gasteiger partial charge in [-0.1, -0.05) is 63.2 Å². The molecular formula is C60H69FN10O7S. The third-order valence-corrected chi connectivity index (χ3v) is 18.4. The predicted molar refractivity (Wildman–Crippen MR) is 300 cm³/mol. The Kier molecular flexibility index (Phi) is 14.5. The molecule has 8 heterocycles. The molecule has 0 radical (unpaired) electrons. The zero-order chi connectivity index (χ0) is 54.7. The number of carbonyl (C=O) groups excluding carboxylic acids is 2. The van der Waals surface area contributed by atoms with Gasteiger partial charge in [0.05, 0.1) is 33.6 Å². The molecule has 3 aromatic carbocycles. The van der Waals surface area contributed by atoms with Crippen LogP contribution in [0.15, 0.2) is 76.9 Å². The average Bonchev–Trinajstić information content (AvgIpc) is 4.29. The van der Waals surface area contributed by atoms with Crippen molar-refractivity contribution in [3.63, 3.8) is 0 Å². The SMILES string of the molecule is CCc1cccc2cc(O)cc(-c3ncc4c(N5CC6CCC(C5)N6)nc(OCCN5CCC6(CC5)CC(Oc5cc([C@H](C(=O)N7C[C@H](O)C[C@H]7C(=O)N[C@@H](C)c7ccc(-c8scnc8C)cc7)C(C)C)on5)C6)nc4c3F)c12. The standard InChI is InChI=1S/C60H69FN10O7S/c1-6-36-8-7-9-39-22-42(72)23-45(51(36)39)53-52(61)54-46(28-62-53)56(70-29-40-14-15-41(30-70)65-40)67-59(66-54)76-21-20-69-18-16-60(17-19-69)26-44(27-60)77-49-25-48(78-68-49)50(33(2)3)58(75)71-31-43(73)24-47(71)57(74)64-34(4)37-10-12-38(13-11-37)55-35(5)63-32-79-55/h7-13,22-23,25,28,32-34,40-41,43-44,47,50,65,72-73H,6,14-21,24,26-27,29-31H2,1-5H3,(H,64,74)/t34-,40?,41?,43+,47-,50+/m0/s1. The van der Waals surface area contributed by atoms with Crippen molar-refractivity contribution in [3.05, 3.63) is 101 Å². The summed E-state index contributed by atoms with van der Waals surface area (Å²) in [6, 6.07) is 18.5. The van der Waals surface area contributed by atoms with E-state index in [1.165, 1.54) is 4.90 Å². The van der Waals surface area contributed by atoms with Crippen LogP contribution in [0.2, 0.25) is 0 Å². The van der Waals surface area contributed by atoms with Crippen LogP contribution in [-0.2, 0) is 16.0 Å². The van der Waals surface area contributed by atoms with Gasteiger partial charge in [-0.05, 0) is 128 Å². The number of β-amino-alcohol motifs (C(OH)–C–C–N with tert-alkyl or cyclic N) is 1. The van der Waals surface area contributed by atoms with E-state index in [2.05, 4.69) is 37.5 Å². The highest BCUT2D eigenvalue weighted by Crippen LogP contribution is 2.50. The van der Waals surface area contributed by atoms with Crippen LogP contribution >= 0.6 is 11.3 Å². The molecule has 2 unspecified atom stereocenters. The number of aliphatic hydroxyl groups excluding tert-OH is 1. The lowest BCUT2D eigenvalue weighted by Gasteiger charge is -2.51. The average molecular weight is 1090 g/mol. The molecule has 1 saturated carbocycles. The number of phenolic OH excluding ortho intramolecular Hbond substituents is 1. The van der Waals surface area contributed by atoms with E-state index >= 15 is 4.39 Å². The van der Waals surface area contributed by atoms with E-state index in [0.29, 0.717) is 53.6 Å². The first-order valence-electron chi connectivity index (χ1n) is 28.1. The number of rotatable bonds is 16. The van der Waals surface area contributed by atoms with E-state index in [1.54, 1.807) is 35.7 Å². The summed E-state index contributed by atoms with van der Waals surface area (Å²) >= 11 is 1.59. The summed E-state index contributed by atoms with van der Waals surface area (Å²) in [7, 11) is 0. The van der Waals surface area contributed by atoms with Crippen LogP contribution in [0.5, 0.6) is 17.6 Å². The van der Waals surface area contributed by atoms with Gasteiger partial charge in [-0.2, -0.15) is 9.97 Å². The number of aryl methyl sites for hydroxylation is 2. The van der Waals surface area contributed by atoms with E-state index in [9.17, 15) is 19.8 Å². The van der Waals surface area contributed by atoms with Crippen molar-refractivity contribution in [2.75, 3.05) is 50.8 Å². The number of anilines is 1. The summed E-state index contributed by atoms with van der Waals surface area (Å²) in [5.41, 5.74) is 6.76. The lowest BCUT2D eigenvalue weighted by molar-refractivity contribution is -0.141. The zero-order valence-electron chi connectivity index (χ0n) is 45.5. The number of likely N-dealkylation sites (tertiary alicyclic amines) is 2. The molecule has 2 amide bonds. The number of thiazole rings is 1. The van der Waals surface area contributed by atoms with Gasteiger partial charge in [-0.15, -0.1) is 11.3 Å². The Morgan fingerprint density at radius 2 is 1.77 bits per heavy atom. The maximum atomic E-state index is 17.1. The molecule has 4 saturated heterocycles. The second-order valence-electron chi connectivity index (χ2n) is 23.1. The number of nitrogens with one attached hydrogen (secondary N) is 2. The van der Waals surface area contributed by atoms with Gasteiger partial charge in [0, 0.05) is 62.5 Å². The quantitative estimate of drug-likeness (QED) is 0.0714. The molecule has 4 aromatic heterocycles. The maximum Gasteiger partial charge on any atom is 0.319 e. The monoisotopic (exact) mass is 1090 g/mol. The molecule has 79 heavy (non-hydrogen) atoms. The van der Waals surface area contributed by atoms with Crippen molar-refractivity contribution < 1.29 is 38.2 Å². The highest BCUT2D eigenvalue weighted by Gasteiger charge is 2.48. The highest BCUT2D eigenvalue weighted by molar-refractivity contribution is 7.13. The minimum Gasteiger partial charge on any atom is -0.508 e. The topological polar surface area (TPSA) is 204 Å². The van der Waals surface area contributed by atoms with Crippen molar-refractivity contribution in [2.45, 2.75) is 128 Å². The Bertz CT molecular complexity index is 3380. The molecule has 19 heteroatoms. The third kappa shape index (κ3) is 10.5. The Morgan fingerprint density at radius 3 is 2.49 bits per heavy atom. The smallest absolute Gasteiger partial charge is 0.319 e. The van der Waals surface area contributed by atoms with Crippen LogP contribution in [0, 0.1) is 24.1 Å². The molecule has 1 aliphatic carbocycles. The number of aromatic nitrogens is 5. The number of hydrogen-bond donors (Lipinski definition) is 4. The van der Waals surface area contributed by atoms with E-state index in [-0.39, 0.29) is 71.2 Å². The fourth-order valence-corrected chi connectivity index (χ4v) is 13.9. The second-order valence-corrected chi connectivity index (χ2v) is 23.9. The number of benzene rings is 3. The van der Waals surface area contributed by atoms with Gasteiger partial charge >= 0.3 is 6.01 Å². The number of fused-ring (bicyclic) bond motifs is 4. The number of nitrogens with zero attached hydrogens (tertiary/aromatic N) is 8. The van der Waals surface area contributed by atoms with Gasteiger partial charge in [-0.3, -0.25) is 19.5 Å². The largest absolute Gasteiger partial charge is 0.508 e. The fourth-order valence-electron chi connectivity index (χ4n) is 13.1. The summed E-state index contributed by atoms with van der Waals surface area (Å²) < 4.78 is 35.7. The molecule has 5 aliphatic rings. The van der Waals surface area contributed by atoms with Crippen molar-refractivity contribution in [1.82, 2.24) is 45.5 Å². The number of pyridine rings is 1. The van der Waals surface area contributed by atoms with Gasteiger partial charge in [-0.25, -0.2) is 9.37 Å². The summed E-state index contributed by atoms with van der Waals surface area (Å²) in [6.07, 6.45) is 7.58. The molecule has 1 spiro atoms. The minimum atomic E-state index is -0.842. The highest BCUT2D eigenvalue weighted by atomic mass is 32.1. The molecule has 4 N–H and O–H groups in total. The summed E-state index contributed by atoms with van der Waals surface area (Å²) in [4.78, 5) is 54.1. The molecule has 7 aromatic rings. The lowest BCUT2D eigenvalue weighted by Crippen LogP contribution is -2.51. The molecule has 6 atom stereocenters. The van der Waals surface area contributed by atoms with Gasteiger partial charge in [0.2, 0.25) is 11.8 Å². The Balaban J connectivity index is 0.657. The van der Waals surface area contributed by atoms with Gasteiger partial charge in [0.15, 0.2) is 11.6 Å². The van der Waals surface area contributed by atoms with Crippen LogP contribution in [0.25, 0.3) is 43.4 Å². The molecule has 414 valence electrons. The Morgan fingerprint density at radius 1 is 1.00 bits per heavy atom. The molecule has 4 aliphatic heterocycles. The normalized spacial score (nSPS) is 22.0. The lowest BCUT2D eigenvalue weighted by atomic mass is 9.61. The second kappa shape index (κ2) is 21.7. The van der Waals surface area contributed by atoms with E-state index in [0.717, 1.165) is 109 Å². The third-order valence-electron chi connectivity index (χ3n) is 17.4. The Labute approximate surface area is 462 Å². The van der Waals surface area contributed by atoms with Crippen molar-refractivity contribution in [3.8, 4) is 39.3 Å². The number of phenols is 1. The summed E-state index contributed by atoms with van der Waals surface area (Å²) in [6.45, 7) is 14.1. The molecular weight excluding hydrogens is 1020 g/mol. The number of piperidine rings is 1. The molecule has 17 nitrogen and oxygen atoms in total. The zero-order valence-corrected chi connectivity index (χ0v) is 46.3. The number of halogens is 1. The number of amides is 2. The number of ether oxygens (including phenoxy) is 2. The van der Waals surface area contributed by atoms with Crippen LogP contribution in [0.4, 0.5) is 10.2 Å². The first-order chi connectivity index (χ1) is 38.2. The predicted octanol–water partition coefficient (Wildman–Crippen LogP) is 8.89. The molecule has 12 rings (SSSR count). The van der Waals surface area contributed by atoms with Crippen molar-refractivity contribution >= 4 is 50.6 Å². The number of hydrogen-bond acceptors (Lipinski definition) is 16. The van der Waals surface area contributed by atoms with Crippen LogP contribution in [-0.4, -0.2) is 133 Å². The molecule has 5 fully saturated rings. The fraction of sp³-hybridized carbons (Fsp3) is 0.483. The maximum absolute atomic E-state index is 17.1. The first-order valence-corrected chi connectivity index (χ1v) is 29.0. The van der Waals surface area contributed by atoms with Gasteiger partial charge in [0.1, 0.15) is 47.4 Å².